The smallest absolute Gasteiger partial charge is 0.0336 e. The quantitative estimate of drug-likeness (QED) is 0.426. The molecular weight excluding hydrogens is 100 g/mol. The second kappa shape index (κ2) is 2.51. The minimum Gasteiger partial charge on any atom is -0.0720 e. The molecule has 1 aliphatic heterocycles. The molecule has 0 radical (unpaired) electrons. The Balaban J connectivity index is 2.39. The molecule has 0 saturated carbocycles. The molecule has 0 aliphatic carbocycles. The van der Waals surface area contributed by atoms with Crippen molar-refractivity contribution in [1.82, 2.24) is 0 Å². The molecule has 0 spiro atoms. The van der Waals surface area contributed by atoms with Crippen molar-refractivity contribution in [1.29, 1.82) is 0 Å². The van der Waals surface area contributed by atoms with Crippen molar-refractivity contribution in [3.8, 4) is 0 Å². The van der Waals surface area contributed by atoms with Gasteiger partial charge in [-0.3, -0.25) is 0 Å². The molecule has 0 unspecified atom stereocenters. The summed E-state index contributed by atoms with van der Waals surface area (Å²) < 4.78 is 21.7. The van der Waals surface area contributed by atoms with Crippen molar-refractivity contribution in [2.75, 3.05) is 0 Å². The Kier molecular flexibility index (Phi) is 0.957. The lowest BCUT2D eigenvalue weighted by atomic mass is 10.3. The first-order valence-corrected chi connectivity index (χ1v) is 5.32. The van der Waals surface area contributed by atoms with Crippen molar-refractivity contribution < 1.29 is 4.11 Å². The summed E-state index contributed by atoms with van der Waals surface area (Å²) in [5.41, 5.74) is 0. The molecule has 0 aromatic heterocycles. The van der Waals surface area contributed by atoms with Crippen LogP contribution in [0.2, 0.25) is 18.6 Å². The fourth-order valence-electron chi connectivity index (χ4n) is 1.10. The van der Waals surface area contributed by atoms with Gasteiger partial charge in [0.05, 0.1) is 0 Å². The summed E-state index contributed by atoms with van der Waals surface area (Å²) in [6.45, 7) is -1.54. The summed E-state index contributed by atoms with van der Waals surface area (Å²) in [5, 5.41) is 0. The average Bonchev–Trinajstić information content (AvgIpc) is 1.88. The van der Waals surface area contributed by atoms with Crippen molar-refractivity contribution in [3.05, 3.63) is 0 Å². The van der Waals surface area contributed by atoms with Gasteiger partial charge in [0.2, 0.25) is 0 Å². The highest BCUT2D eigenvalue weighted by Gasteiger charge is 2.07. The van der Waals surface area contributed by atoms with Gasteiger partial charge >= 0.3 is 0 Å². The third kappa shape index (κ3) is 1.64. The van der Waals surface area contributed by atoms with Gasteiger partial charge in [0.1, 0.15) is 0 Å². The summed E-state index contributed by atoms with van der Waals surface area (Å²) >= 11 is 0. The first-order chi connectivity index (χ1) is 4.61. The maximum Gasteiger partial charge on any atom is 0.0336 e. The highest BCUT2D eigenvalue weighted by Crippen LogP contribution is 2.17. The van der Waals surface area contributed by atoms with E-state index in [2.05, 4.69) is 0 Å². The minimum atomic E-state index is -1.54. The molecule has 0 bridgehead atoms. The second-order valence-corrected chi connectivity index (χ2v) is 4.88. The van der Waals surface area contributed by atoms with Gasteiger partial charge in [0, 0.05) is 12.9 Å². The monoisotopic (exact) mass is 117 g/mol. The largest absolute Gasteiger partial charge is 0.0720 e. The maximum atomic E-state index is 7.22. The van der Waals surface area contributed by atoms with Gasteiger partial charge in [-0.1, -0.05) is 37.8 Å². The minimum absolute atomic E-state index is 1.05. The Morgan fingerprint density at radius 3 is 2.43 bits per heavy atom. The maximum absolute atomic E-state index is 7.22. The predicted octanol–water partition coefficient (Wildman–Crippen LogP) is 2.03. The fourth-order valence-corrected chi connectivity index (χ4v) is 2.95. The van der Waals surface area contributed by atoms with Gasteiger partial charge in [-0.15, -0.1) is 0 Å². The first kappa shape index (κ1) is 2.67. The van der Waals surface area contributed by atoms with Crippen molar-refractivity contribution in [2.24, 2.45) is 0 Å². The van der Waals surface area contributed by atoms with Gasteiger partial charge in [-0.25, -0.2) is 0 Å². The number of rotatable bonds is 0. The molecule has 0 aromatic carbocycles. The molecule has 0 amide bonds. The third-order valence-electron chi connectivity index (χ3n) is 1.61. The number of hydrogen-bond donors (Lipinski definition) is 0. The van der Waals surface area contributed by atoms with Crippen LogP contribution in [0.5, 0.6) is 0 Å². The molecule has 42 valence electrons. The molecule has 0 N–H and O–H groups in total. The van der Waals surface area contributed by atoms with E-state index >= 15 is 0 Å². The van der Waals surface area contributed by atoms with Gasteiger partial charge in [0.25, 0.3) is 0 Å². The zero-order chi connectivity index (χ0) is 7.61. The lowest BCUT2D eigenvalue weighted by Crippen LogP contribution is -2.09. The van der Waals surface area contributed by atoms with Crippen LogP contribution in [0.3, 0.4) is 0 Å². The SMILES string of the molecule is [2H]C([2H])([2H])[SiH]1CCCCC1. The predicted molar refractivity (Wildman–Crippen MR) is 36.5 cm³/mol. The van der Waals surface area contributed by atoms with Crippen LogP contribution in [0.1, 0.15) is 23.4 Å². The van der Waals surface area contributed by atoms with E-state index in [4.69, 9.17) is 4.11 Å². The Hall–Kier alpha value is 0.217. The van der Waals surface area contributed by atoms with Crippen LogP contribution in [0, 0.1) is 0 Å². The highest BCUT2D eigenvalue weighted by atomic mass is 28.3. The van der Waals surface area contributed by atoms with Gasteiger partial charge in [-0.05, 0) is 0 Å². The van der Waals surface area contributed by atoms with E-state index in [0.29, 0.717) is 0 Å². The van der Waals surface area contributed by atoms with Crippen LogP contribution < -0.4 is 0 Å². The van der Waals surface area contributed by atoms with E-state index in [9.17, 15) is 0 Å². The summed E-state index contributed by atoms with van der Waals surface area (Å²) in [7, 11) is -1.31. The van der Waals surface area contributed by atoms with E-state index in [1.165, 1.54) is 19.3 Å². The fraction of sp³-hybridized carbons (Fsp3) is 1.00. The standard InChI is InChI=1S/C6H14Si/c1-7-5-3-2-4-6-7/h7H,2-6H2,1H3/i1D3. The van der Waals surface area contributed by atoms with E-state index in [0.717, 1.165) is 12.1 Å². The Bertz CT molecular complexity index is 104. The Morgan fingerprint density at radius 1 is 1.29 bits per heavy atom. The molecule has 7 heavy (non-hydrogen) atoms. The van der Waals surface area contributed by atoms with Crippen LogP contribution in [0.15, 0.2) is 0 Å². The molecule has 1 saturated heterocycles. The molecule has 0 aromatic rings. The molecular formula is C6H14Si. The van der Waals surface area contributed by atoms with Crippen LogP contribution in [0.25, 0.3) is 0 Å². The van der Waals surface area contributed by atoms with Crippen molar-refractivity contribution in [2.45, 2.75) is 37.8 Å². The van der Waals surface area contributed by atoms with Crippen LogP contribution in [-0.4, -0.2) is 8.80 Å². The third-order valence-corrected chi connectivity index (χ3v) is 3.82. The average molecular weight is 117 g/mol. The van der Waals surface area contributed by atoms with E-state index in [-0.39, 0.29) is 0 Å². The summed E-state index contributed by atoms with van der Waals surface area (Å²) in [5.74, 6) is 0. The van der Waals surface area contributed by atoms with Gasteiger partial charge < -0.3 is 0 Å². The second-order valence-electron chi connectivity index (χ2n) is 2.33. The summed E-state index contributed by atoms with van der Waals surface area (Å²) in [6.07, 6.45) is 3.62. The topological polar surface area (TPSA) is 0 Å². The highest BCUT2D eigenvalue weighted by molar-refractivity contribution is 6.57. The van der Waals surface area contributed by atoms with Crippen LogP contribution in [-0.2, 0) is 0 Å². The lowest BCUT2D eigenvalue weighted by molar-refractivity contribution is 0.725. The van der Waals surface area contributed by atoms with Crippen molar-refractivity contribution >= 4 is 8.80 Å². The Morgan fingerprint density at radius 2 is 2.00 bits per heavy atom. The van der Waals surface area contributed by atoms with Crippen molar-refractivity contribution in [3.63, 3.8) is 0 Å². The first-order valence-electron chi connectivity index (χ1n) is 4.61. The molecule has 0 atom stereocenters. The molecule has 1 heteroatoms. The molecule has 1 heterocycles. The summed E-state index contributed by atoms with van der Waals surface area (Å²) in [4.78, 5) is 0. The lowest BCUT2D eigenvalue weighted by Gasteiger charge is -2.14. The normalized spacial score (nSPS) is 33.4. The molecule has 0 nitrogen and oxygen atoms in total. The van der Waals surface area contributed by atoms with E-state index in [1.807, 2.05) is 0 Å². The van der Waals surface area contributed by atoms with Crippen LogP contribution in [0.4, 0.5) is 0 Å². The van der Waals surface area contributed by atoms with E-state index in [1.54, 1.807) is 0 Å². The number of hydrogen-bond acceptors (Lipinski definition) is 0. The van der Waals surface area contributed by atoms with Crippen LogP contribution >= 0.6 is 0 Å². The zero-order valence-electron chi connectivity index (χ0n) is 7.61. The van der Waals surface area contributed by atoms with Gasteiger partial charge in [0.15, 0.2) is 0 Å². The molecule has 1 fully saturated rings. The van der Waals surface area contributed by atoms with Gasteiger partial charge in [-0.2, -0.15) is 0 Å². The zero-order valence-corrected chi connectivity index (χ0v) is 5.77. The molecule has 1 aliphatic rings. The summed E-state index contributed by atoms with van der Waals surface area (Å²) in [6, 6.07) is 2.10. The van der Waals surface area contributed by atoms with E-state index < -0.39 is 15.3 Å². The molecule has 1 rings (SSSR count). The Labute approximate surface area is 51.8 Å².